The van der Waals surface area contributed by atoms with Gasteiger partial charge in [0, 0.05) is 9.79 Å². The minimum atomic E-state index is -4.55. The van der Waals surface area contributed by atoms with Gasteiger partial charge in [-0.05, 0) is 29.8 Å². The van der Waals surface area contributed by atoms with Crippen molar-refractivity contribution in [2.75, 3.05) is 0 Å². The van der Waals surface area contributed by atoms with Crippen LogP contribution in [0.25, 0.3) is 0 Å². The van der Waals surface area contributed by atoms with Crippen LogP contribution in [-0.2, 0) is 12.8 Å². The van der Waals surface area contributed by atoms with Gasteiger partial charge >= 0.3 is 6.18 Å². The Morgan fingerprint density at radius 2 is 1.75 bits per heavy atom. The van der Waals surface area contributed by atoms with Crippen LogP contribution in [-0.4, -0.2) is 5.11 Å². The largest absolute Gasteiger partial charge is 0.416 e. The molecule has 0 bridgehead atoms. The molecule has 6 heteroatoms. The zero-order chi connectivity index (χ0) is 14.8. The number of benzene rings is 2. The van der Waals surface area contributed by atoms with Crippen LogP contribution in [0.2, 0.25) is 0 Å². The van der Waals surface area contributed by atoms with E-state index in [9.17, 15) is 17.6 Å². The van der Waals surface area contributed by atoms with Gasteiger partial charge in [0.05, 0.1) is 12.2 Å². The lowest BCUT2D eigenvalue weighted by Gasteiger charge is -2.13. The fraction of sp³-hybridized carbons (Fsp3) is 0.143. The first-order valence-corrected chi connectivity index (χ1v) is 6.47. The van der Waals surface area contributed by atoms with Crippen LogP contribution < -0.4 is 0 Å². The van der Waals surface area contributed by atoms with Gasteiger partial charge in [-0.25, -0.2) is 4.39 Å². The fourth-order valence-electron chi connectivity index (χ4n) is 1.68. The zero-order valence-electron chi connectivity index (χ0n) is 10.1. The molecule has 0 saturated heterocycles. The van der Waals surface area contributed by atoms with E-state index in [2.05, 4.69) is 0 Å². The summed E-state index contributed by atoms with van der Waals surface area (Å²) in [6, 6.07) is 9.41. The van der Waals surface area contributed by atoms with Crippen molar-refractivity contribution in [3.05, 3.63) is 59.4 Å². The summed E-state index contributed by atoms with van der Waals surface area (Å²) >= 11 is 0.907. The van der Waals surface area contributed by atoms with Crippen LogP contribution in [0.15, 0.2) is 52.3 Å². The molecule has 0 radical (unpaired) electrons. The minimum absolute atomic E-state index is 0.199. The fourth-order valence-corrected chi connectivity index (χ4v) is 2.55. The van der Waals surface area contributed by atoms with Gasteiger partial charge in [-0.3, -0.25) is 0 Å². The summed E-state index contributed by atoms with van der Waals surface area (Å²) in [4.78, 5) is 0.511. The second kappa shape index (κ2) is 5.85. The summed E-state index contributed by atoms with van der Waals surface area (Å²) in [5, 5.41) is 8.94. The molecule has 2 aromatic rings. The van der Waals surface area contributed by atoms with Crippen molar-refractivity contribution in [3.8, 4) is 0 Å². The van der Waals surface area contributed by atoms with E-state index in [0.29, 0.717) is 0 Å². The predicted octanol–water partition coefficient (Wildman–Crippen LogP) is 4.49. The molecule has 2 aromatic carbocycles. The van der Waals surface area contributed by atoms with Crippen molar-refractivity contribution in [2.45, 2.75) is 22.6 Å². The molecule has 0 heterocycles. The number of aliphatic hydroxyl groups excluding tert-OH is 1. The molecular weight excluding hydrogens is 292 g/mol. The molecular formula is C14H10F4OS. The SMILES string of the molecule is OCc1ccc(Sc2ccccc2F)cc1C(F)(F)F. The summed E-state index contributed by atoms with van der Waals surface area (Å²) in [6.45, 7) is -0.695. The smallest absolute Gasteiger partial charge is 0.392 e. The van der Waals surface area contributed by atoms with E-state index in [1.165, 1.54) is 30.3 Å². The molecule has 2 rings (SSSR count). The van der Waals surface area contributed by atoms with Gasteiger partial charge in [0.2, 0.25) is 0 Å². The van der Waals surface area contributed by atoms with E-state index in [1.807, 2.05) is 0 Å². The van der Waals surface area contributed by atoms with Crippen LogP contribution in [0.3, 0.4) is 0 Å². The molecule has 0 aliphatic heterocycles. The Kier molecular flexibility index (Phi) is 4.35. The van der Waals surface area contributed by atoms with Gasteiger partial charge in [0.25, 0.3) is 0 Å². The maximum atomic E-state index is 13.5. The lowest BCUT2D eigenvalue weighted by Crippen LogP contribution is -2.09. The van der Waals surface area contributed by atoms with Crippen molar-refractivity contribution in [1.29, 1.82) is 0 Å². The molecule has 20 heavy (non-hydrogen) atoms. The third-order valence-electron chi connectivity index (χ3n) is 2.62. The van der Waals surface area contributed by atoms with E-state index >= 15 is 0 Å². The van der Waals surface area contributed by atoms with Crippen LogP contribution in [0, 0.1) is 5.82 Å². The van der Waals surface area contributed by atoms with E-state index < -0.39 is 24.2 Å². The maximum absolute atomic E-state index is 13.5. The lowest BCUT2D eigenvalue weighted by atomic mass is 10.1. The monoisotopic (exact) mass is 302 g/mol. The molecule has 0 saturated carbocycles. The lowest BCUT2D eigenvalue weighted by molar-refractivity contribution is -0.138. The summed E-state index contributed by atoms with van der Waals surface area (Å²) < 4.78 is 52.0. The average Bonchev–Trinajstić information content (AvgIpc) is 2.40. The molecule has 0 aliphatic carbocycles. The summed E-state index contributed by atoms with van der Waals surface area (Å²) in [6.07, 6.45) is -4.55. The number of alkyl halides is 3. The van der Waals surface area contributed by atoms with Gasteiger partial charge in [-0.2, -0.15) is 13.2 Å². The molecule has 1 nitrogen and oxygen atoms in total. The molecule has 0 fully saturated rings. The summed E-state index contributed by atoms with van der Waals surface area (Å²) in [7, 11) is 0. The quantitative estimate of drug-likeness (QED) is 0.843. The Bertz CT molecular complexity index is 610. The van der Waals surface area contributed by atoms with Gasteiger partial charge < -0.3 is 5.11 Å². The molecule has 106 valence electrons. The zero-order valence-corrected chi connectivity index (χ0v) is 10.9. The van der Waals surface area contributed by atoms with Gasteiger partial charge in [0.1, 0.15) is 5.82 Å². The molecule has 1 N–H and O–H groups in total. The topological polar surface area (TPSA) is 20.2 Å². The Morgan fingerprint density at radius 3 is 2.35 bits per heavy atom. The molecule has 0 atom stereocenters. The summed E-state index contributed by atoms with van der Waals surface area (Å²) in [5.41, 5.74) is -1.10. The van der Waals surface area contributed by atoms with Crippen LogP contribution in [0.5, 0.6) is 0 Å². The minimum Gasteiger partial charge on any atom is -0.392 e. The first kappa shape index (κ1) is 14.9. The van der Waals surface area contributed by atoms with Crippen LogP contribution in [0.4, 0.5) is 17.6 Å². The standard InChI is InChI=1S/C14H10F4OS/c15-12-3-1-2-4-13(12)20-10-6-5-9(8-19)11(7-10)14(16,17)18/h1-7,19H,8H2. The van der Waals surface area contributed by atoms with Crippen LogP contribution >= 0.6 is 11.8 Å². The highest BCUT2D eigenvalue weighted by Gasteiger charge is 2.33. The average molecular weight is 302 g/mol. The highest BCUT2D eigenvalue weighted by molar-refractivity contribution is 7.99. The number of rotatable bonds is 3. The molecule has 0 amide bonds. The number of hydrogen-bond donors (Lipinski definition) is 1. The second-order valence-electron chi connectivity index (χ2n) is 4.01. The normalized spacial score (nSPS) is 11.7. The van der Waals surface area contributed by atoms with Crippen molar-refractivity contribution in [1.82, 2.24) is 0 Å². The second-order valence-corrected chi connectivity index (χ2v) is 5.12. The van der Waals surface area contributed by atoms with E-state index in [4.69, 9.17) is 5.11 Å². The highest BCUT2D eigenvalue weighted by atomic mass is 32.2. The van der Waals surface area contributed by atoms with E-state index in [-0.39, 0.29) is 15.4 Å². The Morgan fingerprint density at radius 1 is 1.05 bits per heavy atom. The third kappa shape index (κ3) is 3.32. The molecule has 0 aliphatic rings. The predicted molar refractivity (Wildman–Crippen MR) is 67.9 cm³/mol. The Labute approximate surface area is 117 Å². The highest BCUT2D eigenvalue weighted by Crippen LogP contribution is 2.37. The van der Waals surface area contributed by atoms with E-state index in [1.54, 1.807) is 6.07 Å². The van der Waals surface area contributed by atoms with Crippen molar-refractivity contribution in [3.63, 3.8) is 0 Å². The van der Waals surface area contributed by atoms with Crippen molar-refractivity contribution >= 4 is 11.8 Å². The number of hydrogen-bond acceptors (Lipinski definition) is 2. The number of halogens is 4. The van der Waals surface area contributed by atoms with E-state index in [0.717, 1.165) is 17.8 Å². The Balaban J connectivity index is 2.37. The van der Waals surface area contributed by atoms with Gasteiger partial charge in [-0.15, -0.1) is 0 Å². The number of aliphatic hydroxyl groups is 1. The third-order valence-corrected chi connectivity index (χ3v) is 3.66. The summed E-state index contributed by atoms with van der Waals surface area (Å²) in [5.74, 6) is -0.489. The van der Waals surface area contributed by atoms with Gasteiger partial charge in [-0.1, -0.05) is 30.0 Å². The van der Waals surface area contributed by atoms with Crippen molar-refractivity contribution in [2.24, 2.45) is 0 Å². The maximum Gasteiger partial charge on any atom is 0.416 e. The molecule has 0 aromatic heterocycles. The first-order valence-electron chi connectivity index (χ1n) is 5.65. The first-order chi connectivity index (χ1) is 9.41. The van der Waals surface area contributed by atoms with Crippen molar-refractivity contribution < 1.29 is 22.7 Å². The molecule has 0 unspecified atom stereocenters. The van der Waals surface area contributed by atoms with Crippen LogP contribution in [0.1, 0.15) is 11.1 Å². The van der Waals surface area contributed by atoms with Gasteiger partial charge in [0.15, 0.2) is 0 Å². The molecule has 0 spiro atoms. The Hall–Kier alpha value is -1.53.